The van der Waals surface area contributed by atoms with E-state index in [1.807, 2.05) is 74.5 Å². The van der Waals surface area contributed by atoms with Crippen LogP contribution in [0.2, 0.25) is 0 Å². The third kappa shape index (κ3) is 5.95. The van der Waals surface area contributed by atoms with Gasteiger partial charge in [0.1, 0.15) is 5.75 Å². The molecule has 0 bridgehead atoms. The highest BCUT2D eigenvalue weighted by Gasteiger charge is 2.25. The van der Waals surface area contributed by atoms with Gasteiger partial charge in [0.05, 0.1) is 7.11 Å². The molecule has 5 nitrogen and oxygen atoms in total. The van der Waals surface area contributed by atoms with Gasteiger partial charge in [0.2, 0.25) is 6.10 Å². The normalized spacial score (nSPS) is 11.5. The Morgan fingerprint density at radius 3 is 2.39 bits per heavy atom. The molecule has 31 heavy (non-hydrogen) atoms. The van der Waals surface area contributed by atoms with Crippen molar-refractivity contribution in [1.29, 1.82) is 0 Å². The van der Waals surface area contributed by atoms with Gasteiger partial charge in [-0.15, -0.1) is 0 Å². The Hall–Kier alpha value is -3.60. The van der Waals surface area contributed by atoms with E-state index in [1.54, 1.807) is 19.2 Å². The number of aryl methyl sites for hydroxylation is 3. The third-order valence-electron chi connectivity index (χ3n) is 5.03. The van der Waals surface area contributed by atoms with Gasteiger partial charge < -0.3 is 14.8 Å². The first kappa shape index (κ1) is 22.1. The first-order chi connectivity index (χ1) is 15.0. The Labute approximate surface area is 183 Å². The number of hydrogen-bond acceptors (Lipinski definition) is 4. The van der Waals surface area contributed by atoms with Crippen LogP contribution in [0, 0.1) is 13.8 Å². The Morgan fingerprint density at radius 2 is 1.65 bits per heavy atom. The lowest BCUT2D eigenvalue weighted by Crippen LogP contribution is -2.26. The fraction of sp³-hybridized carbons (Fsp3) is 0.231. The molecule has 1 atom stereocenters. The van der Waals surface area contributed by atoms with E-state index in [-0.39, 0.29) is 12.3 Å². The quantitative estimate of drug-likeness (QED) is 0.514. The van der Waals surface area contributed by atoms with Crippen molar-refractivity contribution in [3.8, 4) is 5.75 Å². The molecule has 0 aliphatic rings. The van der Waals surface area contributed by atoms with E-state index in [2.05, 4.69) is 5.32 Å². The number of nitrogens with one attached hydrogen (secondary N) is 1. The van der Waals surface area contributed by atoms with Crippen LogP contribution in [0.15, 0.2) is 72.8 Å². The summed E-state index contributed by atoms with van der Waals surface area (Å²) in [5.41, 5.74) is 4.21. The van der Waals surface area contributed by atoms with Crippen LogP contribution in [-0.2, 0) is 20.7 Å². The maximum atomic E-state index is 13.1. The molecule has 0 radical (unpaired) electrons. The van der Waals surface area contributed by atoms with Crippen LogP contribution in [0.25, 0.3) is 0 Å². The molecule has 0 unspecified atom stereocenters. The summed E-state index contributed by atoms with van der Waals surface area (Å²) >= 11 is 0. The SMILES string of the molecule is COc1ccccc1CCC(=O)O[C@H](C(=O)Nc1cc(C)ccc1C)c1ccccc1. The summed E-state index contributed by atoms with van der Waals surface area (Å²) in [7, 11) is 1.60. The first-order valence-electron chi connectivity index (χ1n) is 10.2. The van der Waals surface area contributed by atoms with Crippen molar-refractivity contribution in [2.24, 2.45) is 0 Å². The summed E-state index contributed by atoms with van der Waals surface area (Å²) in [5.74, 6) is -0.107. The van der Waals surface area contributed by atoms with E-state index in [9.17, 15) is 9.59 Å². The van der Waals surface area contributed by atoms with Gasteiger partial charge in [0.15, 0.2) is 0 Å². The predicted octanol–water partition coefficient (Wildman–Crippen LogP) is 5.17. The molecule has 3 aromatic carbocycles. The van der Waals surface area contributed by atoms with Crippen LogP contribution < -0.4 is 10.1 Å². The minimum absolute atomic E-state index is 0.139. The molecule has 0 spiro atoms. The average Bonchev–Trinajstić information content (AvgIpc) is 2.79. The molecular formula is C26H27NO4. The number of esters is 1. The molecule has 0 fully saturated rings. The summed E-state index contributed by atoms with van der Waals surface area (Å²) < 4.78 is 11.0. The smallest absolute Gasteiger partial charge is 0.307 e. The van der Waals surface area contributed by atoms with E-state index in [4.69, 9.17) is 9.47 Å². The topological polar surface area (TPSA) is 64.6 Å². The Balaban J connectivity index is 1.74. The minimum Gasteiger partial charge on any atom is -0.496 e. The predicted molar refractivity (Wildman–Crippen MR) is 121 cm³/mol. The van der Waals surface area contributed by atoms with E-state index in [0.29, 0.717) is 17.7 Å². The molecule has 0 aliphatic carbocycles. The lowest BCUT2D eigenvalue weighted by Gasteiger charge is -2.19. The fourth-order valence-electron chi connectivity index (χ4n) is 3.31. The molecule has 3 aromatic rings. The number of benzene rings is 3. The van der Waals surface area contributed by atoms with Gasteiger partial charge >= 0.3 is 5.97 Å². The van der Waals surface area contributed by atoms with Gasteiger partial charge in [0, 0.05) is 17.7 Å². The first-order valence-corrected chi connectivity index (χ1v) is 10.2. The van der Waals surface area contributed by atoms with E-state index in [1.165, 1.54) is 0 Å². The number of carbonyl (C=O) groups is 2. The van der Waals surface area contributed by atoms with Gasteiger partial charge in [-0.3, -0.25) is 9.59 Å². The van der Waals surface area contributed by atoms with Crippen molar-refractivity contribution >= 4 is 17.6 Å². The molecule has 5 heteroatoms. The second-order valence-corrected chi connectivity index (χ2v) is 7.40. The van der Waals surface area contributed by atoms with Crippen molar-refractivity contribution in [2.45, 2.75) is 32.8 Å². The van der Waals surface area contributed by atoms with E-state index in [0.717, 1.165) is 22.4 Å². The molecule has 0 heterocycles. The zero-order chi connectivity index (χ0) is 22.2. The molecule has 0 saturated carbocycles. The summed E-state index contributed by atoms with van der Waals surface area (Å²) in [6.07, 6.45) is -0.435. The van der Waals surface area contributed by atoms with Crippen LogP contribution in [0.3, 0.4) is 0 Å². The average molecular weight is 418 g/mol. The Morgan fingerprint density at radius 1 is 0.935 bits per heavy atom. The standard InChI is InChI=1S/C26H27NO4/c1-18-13-14-19(2)22(17-18)27-26(29)25(21-10-5-4-6-11-21)31-24(28)16-15-20-9-7-8-12-23(20)30-3/h4-14,17,25H,15-16H2,1-3H3,(H,27,29)/t25-/m0/s1. The summed E-state index contributed by atoms with van der Waals surface area (Å²) in [5, 5.41) is 2.91. The highest BCUT2D eigenvalue weighted by molar-refractivity contribution is 5.96. The second-order valence-electron chi connectivity index (χ2n) is 7.40. The largest absolute Gasteiger partial charge is 0.496 e. The lowest BCUT2D eigenvalue weighted by atomic mass is 10.1. The summed E-state index contributed by atoms with van der Waals surface area (Å²) in [6, 6.07) is 22.4. The maximum absolute atomic E-state index is 13.1. The zero-order valence-corrected chi connectivity index (χ0v) is 18.1. The lowest BCUT2D eigenvalue weighted by molar-refractivity contribution is -0.154. The fourth-order valence-corrected chi connectivity index (χ4v) is 3.31. The van der Waals surface area contributed by atoms with Gasteiger partial charge in [-0.25, -0.2) is 0 Å². The number of carbonyl (C=O) groups excluding carboxylic acids is 2. The number of para-hydroxylation sites is 1. The van der Waals surface area contributed by atoms with Crippen LogP contribution in [0.1, 0.15) is 34.8 Å². The second kappa shape index (κ2) is 10.4. The molecule has 3 rings (SSSR count). The molecule has 160 valence electrons. The molecule has 0 aliphatic heterocycles. The molecule has 1 amide bonds. The highest BCUT2D eigenvalue weighted by Crippen LogP contribution is 2.24. The number of ether oxygens (including phenoxy) is 2. The molecular weight excluding hydrogens is 390 g/mol. The van der Waals surface area contributed by atoms with Crippen LogP contribution in [0.5, 0.6) is 5.75 Å². The van der Waals surface area contributed by atoms with Crippen molar-refractivity contribution in [2.75, 3.05) is 12.4 Å². The molecule has 1 N–H and O–H groups in total. The van der Waals surface area contributed by atoms with Gasteiger partial charge in [0.25, 0.3) is 5.91 Å². The summed E-state index contributed by atoms with van der Waals surface area (Å²) in [6.45, 7) is 3.88. The van der Waals surface area contributed by atoms with Crippen molar-refractivity contribution < 1.29 is 19.1 Å². The number of methoxy groups -OCH3 is 1. The van der Waals surface area contributed by atoms with Gasteiger partial charge in [-0.2, -0.15) is 0 Å². The Bertz CT molecular complexity index is 1050. The number of amides is 1. The number of anilines is 1. The summed E-state index contributed by atoms with van der Waals surface area (Å²) in [4.78, 5) is 25.7. The van der Waals surface area contributed by atoms with Crippen LogP contribution in [-0.4, -0.2) is 19.0 Å². The molecule has 0 saturated heterocycles. The van der Waals surface area contributed by atoms with E-state index >= 15 is 0 Å². The zero-order valence-electron chi connectivity index (χ0n) is 18.1. The van der Waals surface area contributed by atoms with Crippen LogP contribution >= 0.6 is 0 Å². The number of hydrogen-bond donors (Lipinski definition) is 1. The minimum atomic E-state index is -1.04. The van der Waals surface area contributed by atoms with Crippen molar-refractivity contribution in [3.05, 3.63) is 95.1 Å². The Kier molecular flexibility index (Phi) is 7.44. The van der Waals surface area contributed by atoms with Gasteiger partial charge in [-0.1, -0.05) is 60.7 Å². The van der Waals surface area contributed by atoms with E-state index < -0.39 is 12.1 Å². The number of rotatable bonds is 8. The van der Waals surface area contributed by atoms with Crippen molar-refractivity contribution in [1.82, 2.24) is 0 Å². The van der Waals surface area contributed by atoms with Gasteiger partial charge in [-0.05, 0) is 49.1 Å². The third-order valence-corrected chi connectivity index (χ3v) is 5.03. The maximum Gasteiger partial charge on any atom is 0.307 e. The molecule has 0 aromatic heterocycles. The van der Waals surface area contributed by atoms with Crippen LogP contribution in [0.4, 0.5) is 5.69 Å². The monoisotopic (exact) mass is 417 g/mol. The highest BCUT2D eigenvalue weighted by atomic mass is 16.5. The van der Waals surface area contributed by atoms with Crippen molar-refractivity contribution in [3.63, 3.8) is 0 Å².